The molecule has 1 atom stereocenters. The Kier molecular flexibility index (Phi) is 4.51. The van der Waals surface area contributed by atoms with Crippen molar-refractivity contribution in [2.45, 2.75) is 12.3 Å². The van der Waals surface area contributed by atoms with E-state index in [1.807, 2.05) is 72.8 Å². The Balaban J connectivity index is 2.19. The molecule has 0 amide bonds. The fourth-order valence-electron chi connectivity index (χ4n) is 1.97. The first-order chi connectivity index (χ1) is 9.25. The Morgan fingerprint density at radius 1 is 1.00 bits per heavy atom. The number of carboxylic acid groups (broad SMARTS) is 1. The molecule has 19 heavy (non-hydrogen) atoms. The molecule has 0 aromatic heterocycles. The average molecular weight is 251 g/mol. The van der Waals surface area contributed by atoms with E-state index >= 15 is 0 Å². The largest absolute Gasteiger partial charge is 0.550 e. The van der Waals surface area contributed by atoms with Gasteiger partial charge in [0.15, 0.2) is 0 Å². The molecule has 0 N–H and O–H groups in total. The molecule has 0 saturated carbocycles. The van der Waals surface area contributed by atoms with Crippen LogP contribution in [0.4, 0.5) is 0 Å². The van der Waals surface area contributed by atoms with Crippen LogP contribution in [0.3, 0.4) is 0 Å². The van der Waals surface area contributed by atoms with Crippen molar-refractivity contribution >= 4 is 12.0 Å². The van der Waals surface area contributed by atoms with Gasteiger partial charge in [-0.3, -0.25) is 0 Å². The van der Waals surface area contributed by atoms with E-state index in [1.54, 1.807) is 0 Å². The van der Waals surface area contributed by atoms with Gasteiger partial charge in [-0.2, -0.15) is 0 Å². The van der Waals surface area contributed by atoms with Gasteiger partial charge in [-0.15, -0.1) is 0 Å². The summed E-state index contributed by atoms with van der Waals surface area (Å²) in [6.07, 6.45) is 3.86. The molecule has 0 unspecified atom stereocenters. The highest BCUT2D eigenvalue weighted by Crippen LogP contribution is 2.21. The van der Waals surface area contributed by atoms with Gasteiger partial charge in [0.05, 0.1) is 0 Å². The second-order valence-corrected chi connectivity index (χ2v) is 4.36. The Labute approximate surface area is 113 Å². The maximum Gasteiger partial charge on any atom is 0.0423 e. The Bertz CT molecular complexity index is 544. The van der Waals surface area contributed by atoms with Gasteiger partial charge in [-0.25, -0.2) is 0 Å². The van der Waals surface area contributed by atoms with Gasteiger partial charge in [0.25, 0.3) is 0 Å². The molecule has 0 heterocycles. The van der Waals surface area contributed by atoms with Crippen LogP contribution in [0.1, 0.15) is 23.5 Å². The lowest BCUT2D eigenvalue weighted by Crippen LogP contribution is -2.24. The van der Waals surface area contributed by atoms with E-state index in [0.717, 1.165) is 11.1 Å². The molecule has 2 heteroatoms. The molecule has 2 aromatic rings. The fourth-order valence-corrected chi connectivity index (χ4v) is 1.97. The lowest BCUT2D eigenvalue weighted by atomic mass is 9.94. The quantitative estimate of drug-likeness (QED) is 0.819. The zero-order valence-corrected chi connectivity index (χ0v) is 10.5. The summed E-state index contributed by atoms with van der Waals surface area (Å²) in [4.78, 5) is 10.8. The zero-order valence-electron chi connectivity index (χ0n) is 10.5. The summed E-state index contributed by atoms with van der Waals surface area (Å²) in [5.74, 6) is -1.20. The van der Waals surface area contributed by atoms with Crippen LogP contribution in [0.25, 0.3) is 6.08 Å². The Morgan fingerprint density at radius 3 is 2.16 bits per heavy atom. The molecule has 0 spiro atoms. The van der Waals surface area contributed by atoms with E-state index in [1.165, 1.54) is 0 Å². The molecule has 0 aliphatic carbocycles. The van der Waals surface area contributed by atoms with Crippen molar-refractivity contribution in [1.29, 1.82) is 0 Å². The van der Waals surface area contributed by atoms with Crippen LogP contribution in [-0.2, 0) is 4.79 Å². The fraction of sp³-hybridized carbons (Fsp3) is 0.118. The van der Waals surface area contributed by atoms with Gasteiger partial charge in [0.1, 0.15) is 0 Å². The van der Waals surface area contributed by atoms with Gasteiger partial charge >= 0.3 is 0 Å². The van der Waals surface area contributed by atoms with Gasteiger partial charge in [-0.05, 0) is 17.5 Å². The summed E-state index contributed by atoms with van der Waals surface area (Å²) in [5.41, 5.74) is 2.04. The summed E-state index contributed by atoms with van der Waals surface area (Å²) in [7, 11) is 0. The minimum absolute atomic E-state index is 0.00660. The molecule has 2 rings (SSSR count). The van der Waals surface area contributed by atoms with E-state index in [4.69, 9.17) is 0 Å². The van der Waals surface area contributed by atoms with Crippen molar-refractivity contribution in [1.82, 2.24) is 0 Å². The molecule has 0 radical (unpaired) electrons. The number of hydrogen-bond donors (Lipinski definition) is 0. The third-order valence-electron chi connectivity index (χ3n) is 2.93. The summed E-state index contributed by atoms with van der Waals surface area (Å²) in [5, 5.41) is 10.8. The molecular weight excluding hydrogens is 236 g/mol. The monoisotopic (exact) mass is 251 g/mol. The highest BCUT2D eigenvalue weighted by molar-refractivity contribution is 5.67. The Hall–Kier alpha value is -2.35. The number of rotatable bonds is 5. The van der Waals surface area contributed by atoms with E-state index < -0.39 is 5.97 Å². The van der Waals surface area contributed by atoms with Crippen molar-refractivity contribution in [2.75, 3.05) is 0 Å². The highest BCUT2D eigenvalue weighted by Gasteiger charge is 2.07. The number of allylic oxidation sites excluding steroid dienone is 1. The SMILES string of the molecule is O=C([O-])C[C@@H](/C=C/c1ccccc1)c1ccccc1. The van der Waals surface area contributed by atoms with Crippen LogP contribution in [0.2, 0.25) is 0 Å². The topological polar surface area (TPSA) is 40.1 Å². The van der Waals surface area contributed by atoms with Gasteiger partial charge < -0.3 is 9.90 Å². The van der Waals surface area contributed by atoms with Crippen molar-refractivity contribution in [3.05, 3.63) is 77.9 Å². The average Bonchev–Trinajstić information content (AvgIpc) is 2.45. The van der Waals surface area contributed by atoms with E-state index in [9.17, 15) is 9.90 Å². The Morgan fingerprint density at radius 2 is 1.58 bits per heavy atom. The smallest absolute Gasteiger partial charge is 0.0423 e. The second kappa shape index (κ2) is 6.55. The predicted molar refractivity (Wildman–Crippen MR) is 74.3 cm³/mol. The zero-order chi connectivity index (χ0) is 13.5. The maximum absolute atomic E-state index is 10.8. The third-order valence-corrected chi connectivity index (χ3v) is 2.93. The molecule has 0 saturated heterocycles. The van der Waals surface area contributed by atoms with Crippen molar-refractivity contribution in [3.63, 3.8) is 0 Å². The molecule has 0 aliphatic heterocycles. The highest BCUT2D eigenvalue weighted by atomic mass is 16.4. The molecule has 0 fully saturated rings. The maximum atomic E-state index is 10.8. The van der Waals surface area contributed by atoms with E-state index in [2.05, 4.69) is 0 Å². The molecule has 2 nitrogen and oxygen atoms in total. The van der Waals surface area contributed by atoms with Gasteiger partial charge in [0.2, 0.25) is 0 Å². The molecule has 96 valence electrons. The number of hydrogen-bond acceptors (Lipinski definition) is 2. The first-order valence-corrected chi connectivity index (χ1v) is 6.24. The lowest BCUT2D eigenvalue weighted by Gasteiger charge is -2.13. The normalized spacial score (nSPS) is 12.4. The first-order valence-electron chi connectivity index (χ1n) is 6.24. The molecule has 0 aliphatic rings. The van der Waals surface area contributed by atoms with Crippen molar-refractivity contribution in [3.8, 4) is 0 Å². The van der Waals surface area contributed by atoms with Crippen molar-refractivity contribution in [2.24, 2.45) is 0 Å². The van der Waals surface area contributed by atoms with Gasteiger partial charge in [-0.1, -0.05) is 72.8 Å². The lowest BCUT2D eigenvalue weighted by molar-refractivity contribution is -0.305. The summed E-state index contributed by atoms with van der Waals surface area (Å²) in [6, 6.07) is 19.4. The summed E-state index contributed by atoms with van der Waals surface area (Å²) < 4.78 is 0. The van der Waals surface area contributed by atoms with E-state index in [0.29, 0.717) is 0 Å². The number of aliphatic carboxylic acids is 1. The molecule has 0 bridgehead atoms. The van der Waals surface area contributed by atoms with Crippen LogP contribution < -0.4 is 5.11 Å². The van der Waals surface area contributed by atoms with Gasteiger partial charge in [0, 0.05) is 11.9 Å². The number of carbonyl (C=O) groups is 1. The summed E-state index contributed by atoms with van der Waals surface area (Å²) >= 11 is 0. The summed E-state index contributed by atoms with van der Waals surface area (Å²) in [6.45, 7) is 0. The van der Waals surface area contributed by atoms with Crippen LogP contribution in [0.15, 0.2) is 66.7 Å². The first kappa shape index (κ1) is 13.1. The van der Waals surface area contributed by atoms with Crippen LogP contribution in [0.5, 0.6) is 0 Å². The van der Waals surface area contributed by atoms with Crippen LogP contribution >= 0.6 is 0 Å². The van der Waals surface area contributed by atoms with Crippen molar-refractivity contribution < 1.29 is 9.90 Å². The van der Waals surface area contributed by atoms with E-state index in [-0.39, 0.29) is 12.3 Å². The minimum atomic E-state index is -1.04. The number of carbonyl (C=O) groups excluding carboxylic acids is 1. The third kappa shape index (κ3) is 4.11. The predicted octanol–water partition coefficient (Wildman–Crippen LogP) is 2.62. The number of benzene rings is 2. The molecule has 2 aromatic carbocycles. The number of carboxylic acids is 1. The molecular formula is C17H15O2-. The standard InChI is InChI=1S/C17H16O2/c18-17(19)13-16(15-9-5-2-6-10-15)12-11-14-7-3-1-4-8-14/h1-12,16H,13H2,(H,18,19)/p-1/b12-11+/t16-/m1/s1. The van der Waals surface area contributed by atoms with Crippen LogP contribution in [0, 0.1) is 0 Å². The van der Waals surface area contributed by atoms with Crippen LogP contribution in [-0.4, -0.2) is 5.97 Å². The second-order valence-electron chi connectivity index (χ2n) is 4.36. The minimum Gasteiger partial charge on any atom is -0.550 e.